The van der Waals surface area contributed by atoms with E-state index in [9.17, 15) is 9.90 Å². The van der Waals surface area contributed by atoms with Crippen molar-refractivity contribution in [3.63, 3.8) is 0 Å². The van der Waals surface area contributed by atoms with Gasteiger partial charge in [0, 0.05) is 12.1 Å². The molecule has 0 saturated carbocycles. The summed E-state index contributed by atoms with van der Waals surface area (Å²) in [6.07, 6.45) is 22.1. The summed E-state index contributed by atoms with van der Waals surface area (Å²) < 4.78 is 0. The lowest BCUT2D eigenvalue weighted by Crippen LogP contribution is -2.10. The number of nitrogens with one attached hydrogen (secondary N) is 1. The number of carbonyl (C=O) groups is 1. The van der Waals surface area contributed by atoms with Crippen molar-refractivity contribution in [3.05, 3.63) is 24.3 Å². The maximum Gasteiger partial charge on any atom is 0.224 e. The molecule has 0 atom stereocenters. The number of hydrogen-bond acceptors (Lipinski definition) is 2. The molecule has 1 amide bonds. The van der Waals surface area contributed by atoms with Gasteiger partial charge in [0.1, 0.15) is 5.75 Å². The van der Waals surface area contributed by atoms with E-state index in [0.717, 1.165) is 18.5 Å². The van der Waals surface area contributed by atoms with Crippen LogP contribution in [-0.2, 0) is 4.79 Å². The maximum absolute atomic E-state index is 11.9. The fourth-order valence-corrected chi connectivity index (χ4v) is 3.60. The van der Waals surface area contributed by atoms with Gasteiger partial charge < -0.3 is 10.4 Å². The van der Waals surface area contributed by atoms with Crippen molar-refractivity contribution in [2.24, 2.45) is 0 Å². The fourth-order valence-electron chi connectivity index (χ4n) is 3.60. The van der Waals surface area contributed by atoms with Crippen LogP contribution in [0.25, 0.3) is 0 Å². The molecule has 0 aliphatic heterocycles. The molecule has 1 rings (SSSR count). The van der Waals surface area contributed by atoms with E-state index in [1.54, 1.807) is 24.3 Å². The Bertz CT molecular complexity index is 484. The van der Waals surface area contributed by atoms with Crippen LogP contribution < -0.4 is 5.32 Å². The normalized spacial score (nSPS) is 10.9. The number of anilines is 1. The molecule has 3 nitrogen and oxygen atoms in total. The van der Waals surface area contributed by atoms with Crippen molar-refractivity contribution in [1.29, 1.82) is 0 Å². The number of hydrogen-bond donors (Lipinski definition) is 2. The first-order valence-electron chi connectivity index (χ1n) is 11.8. The van der Waals surface area contributed by atoms with Crippen LogP contribution >= 0.6 is 0 Å². The third-order valence-electron chi connectivity index (χ3n) is 5.41. The lowest BCUT2D eigenvalue weighted by Gasteiger charge is -2.05. The van der Waals surface area contributed by atoms with E-state index in [0.29, 0.717) is 6.42 Å². The van der Waals surface area contributed by atoms with Crippen LogP contribution in [0.5, 0.6) is 5.75 Å². The fraction of sp³-hybridized carbons (Fsp3) is 0.720. The van der Waals surface area contributed by atoms with Crippen LogP contribution in [0.2, 0.25) is 0 Å². The van der Waals surface area contributed by atoms with Gasteiger partial charge >= 0.3 is 0 Å². The first-order valence-corrected chi connectivity index (χ1v) is 11.8. The van der Waals surface area contributed by atoms with E-state index >= 15 is 0 Å². The minimum Gasteiger partial charge on any atom is -0.508 e. The van der Waals surface area contributed by atoms with Crippen molar-refractivity contribution < 1.29 is 9.90 Å². The van der Waals surface area contributed by atoms with E-state index in [4.69, 9.17) is 0 Å². The van der Waals surface area contributed by atoms with Crippen LogP contribution in [0.1, 0.15) is 116 Å². The van der Waals surface area contributed by atoms with Crippen molar-refractivity contribution >= 4 is 11.6 Å². The maximum atomic E-state index is 11.9. The molecule has 0 saturated heterocycles. The van der Waals surface area contributed by atoms with Crippen LogP contribution in [0, 0.1) is 0 Å². The van der Waals surface area contributed by atoms with Crippen LogP contribution in [0.4, 0.5) is 5.69 Å². The van der Waals surface area contributed by atoms with E-state index in [-0.39, 0.29) is 11.7 Å². The van der Waals surface area contributed by atoms with Gasteiger partial charge in [-0.1, -0.05) is 103 Å². The summed E-state index contributed by atoms with van der Waals surface area (Å²) in [5.74, 6) is 0.284. The summed E-state index contributed by atoms with van der Waals surface area (Å²) >= 11 is 0. The van der Waals surface area contributed by atoms with Gasteiger partial charge in [0.2, 0.25) is 5.91 Å². The van der Waals surface area contributed by atoms with Gasteiger partial charge in [-0.2, -0.15) is 0 Å². The number of carbonyl (C=O) groups excluding carboxylic acids is 1. The molecule has 1 aromatic rings. The molecule has 0 radical (unpaired) electrons. The zero-order valence-electron chi connectivity index (χ0n) is 18.2. The van der Waals surface area contributed by atoms with Gasteiger partial charge in [-0.05, 0) is 30.7 Å². The quantitative estimate of drug-likeness (QED) is 0.197. The molecule has 0 unspecified atom stereocenters. The third-order valence-corrected chi connectivity index (χ3v) is 5.41. The zero-order chi connectivity index (χ0) is 20.3. The van der Waals surface area contributed by atoms with E-state index in [2.05, 4.69) is 12.2 Å². The van der Waals surface area contributed by atoms with Gasteiger partial charge in [-0.3, -0.25) is 4.79 Å². The molecule has 160 valence electrons. The Hall–Kier alpha value is -1.51. The molecule has 0 fully saturated rings. The molecule has 0 bridgehead atoms. The second kappa shape index (κ2) is 17.6. The van der Waals surface area contributed by atoms with Crippen LogP contribution in [-0.4, -0.2) is 11.0 Å². The standard InChI is InChI=1S/C25H43NO2/c1-2-3-4-5-6-7-8-9-10-11-12-13-14-15-16-17-18-25(28)26-23-19-21-24(27)22-20-23/h19-22,27H,2-18H2,1H3,(H,26,28). The molecule has 0 aliphatic carbocycles. The highest BCUT2D eigenvalue weighted by Gasteiger charge is 2.02. The van der Waals surface area contributed by atoms with Crippen molar-refractivity contribution in [3.8, 4) is 5.75 Å². The first-order chi connectivity index (χ1) is 13.7. The van der Waals surface area contributed by atoms with E-state index < -0.39 is 0 Å². The monoisotopic (exact) mass is 389 g/mol. The minimum atomic E-state index is 0.0658. The molecular formula is C25H43NO2. The molecule has 0 heterocycles. The molecule has 28 heavy (non-hydrogen) atoms. The van der Waals surface area contributed by atoms with Gasteiger partial charge in [0.05, 0.1) is 0 Å². The predicted molar refractivity (Wildman–Crippen MR) is 121 cm³/mol. The predicted octanol–water partition coefficient (Wildman–Crippen LogP) is 7.98. The Balaban J connectivity index is 1.79. The number of unbranched alkanes of at least 4 members (excludes halogenated alkanes) is 15. The lowest BCUT2D eigenvalue weighted by molar-refractivity contribution is -0.116. The Kier molecular flexibility index (Phi) is 15.4. The highest BCUT2D eigenvalue weighted by atomic mass is 16.3. The number of phenols is 1. The zero-order valence-corrected chi connectivity index (χ0v) is 18.2. The second-order valence-corrected chi connectivity index (χ2v) is 8.15. The topological polar surface area (TPSA) is 49.3 Å². The van der Waals surface area contributed by atoms with Gasteiger partial charge in [-0.15, -0.1) is 0 Å². The largest absolute Gasteiger partial charge is 0.508 e. The number of phenolic OH excluding ortho intramolecular Hbond substituents is 1. The Morgan fingerprint density at radius 3 is 1.50 bits per heavy atom. The second-order valence-electron chi connectivity index (χ2n) is 8.15. The van der Waals surface area contributed by atoms with Gasteiger partial charge in [-0.25, -0.2) is 0 Å². The van der Waals surface area contributed by atoms with Crippen molar-refractivity contribution in [2.75, 3.05) is 5.32 Å². The first kappa shape index (κ1) is 24.5. The average molecular weight is 390 g/mol. The highest BCUT2D eigenvalue weighted by Crippen LogP contribution is 2.16. The van der Waals surface area contributed by atoms with Gasteiger partial charge in [0.15, 0.2) is 0 Å². The Morgan fingerprint density at radius 1 is 0.679 bits per heavy atom. The third kappa shape index (κ3) is 14.5. The molecule has 3 heteroatoms. The molecule has 0 aliphatic rings. The number of amides is 1. The average Bonchev–Trinajstić information content (AvgIpc) is 2.69. The summed E-state index contributed by atoms with van der Waals surface area (Å²) in [5, 5.41) is 12.1. The molecular weight excluding hydrogens is 346 g/mol. The lowest BCUT2D eigenvalue weighted by atomic mass is 10.0. The summed E-state index contributed by atoms with van der Waals surface area (Å²) in [6.45, 7) is 2.28. The van der Waals surface area contributed by atoms with E-state index in [1.165, 1.54) is 89.9 Å². The highest BCUT2D eigenvalue weighted by molar-refractivity contribution is 5.90. The van der Waals surface area contributed by atoms with Gasteiger partial charge in [0.25, 0.3) is 0 Å². The summed E-state index contributed by atoms with van der Waals surface area (Å²) in [4.78, 5) is 11.9. The molecule has 2 N–H and O–H groups in total. The number of aromatic hydroxyl groups is 1. The molecule has 0 spiro atoms. The van der Waals surface area contributed by atoms with Crippen molar-refractivity contribution in [1.82, 2.24) is 0 Å². The Morgan fingerprint density at radius 2 is 1.07 bits per heavy atom. The van der Waals surface area contributed by atoms with E-state index in [1.807, 2.05) is 0 Å². The van der Waals surface area contributed by atoms with Crippen molar-refractivity contribution in [2.45, 2.75) is 116 Å². The Labute approximate surface area is 173 Å². The summed E-state index contributed by atoms with van der Waals surface area (Å²) in [5.41, 5.74) is 0.749. The minimum absolute atomic E-state index is 0.0658. The number of benzene rings is 1. The number of rotatable bonds is 18. The smallest absolute Gasteiger partial charge is 0.224 e. The summed E-state index contributed by atoms with van der Waals surface area (Å²) in [6, 6.07) is 6.62. The van der Waals surface area contributed by atoms with Crippen LogP contribution in [0.15, 0.2) is 24.3 Å². The summed E-state index contributed by atoms with van der Waals surface area (Å²) in [7, 11) is 0. The molecule has 0 aromatic heterocycles. The SMILES string of the molecule is CCCCCCCCCCCCCCCCCCC(=O)Nc1ccc(O)cc1. The molecule has 1 aromatic carbocycles. The van der Waals surface area contributed by atoms with Crippen LogP contribution in [0.3, 0.4) is 0 Å².